The van der Waals surface area contributed by atoms with Crippen molar-refractivity contribution < 1.29 is 19.1 Å². The summed E-state index contributed by atoms with van der Waals surface area (Å²) in [4.78, 5) is 25.4. The normalized spacial score (nSPS) is 14.8. The molecule has 0 radical (unpaired) electrons. The van der Waals surface area contributed by atoms with Gasteiger partial charge in [0.25, 0.3) is 0 Å². The quantitative estimate of drug-likeness (QED) is 0.628. The summed E-state index contributed by atoms with van der Waals surface area (Å²) >= 11 is 0. The van der Waals surface area contributed by atoms with Crippen molar-refractivity contribution in [1.82, 2.24) is 5.32 Å². The van der Waals surface area contributed by atoms with Crippen LogP contribution in [0.1, 0.15) is 45.1 Å². The predicted molar refractivity (Wildman–Crippen MR) is 121 cm³/mol. The Labute approximate surface area is 184 Å². The minimum Gasteiger partial charge on any atom is -0.493 e. The molecule has 1 aliphatic rings. The second-order valence-corrected chi connectivity index (χ2v) is 8.33. The molecule has 3 rings (SSSR count). The van der Waals surface area contributed by atoms with Crippen molar-refractivity contribution in [2.45, 2.75) is 58.1 Å². The third-order valence-corrected chi connectivity index (χ3v) is 5.50. The molecule has 6 nitrogen and oxygen atoms in total. The molecule has 2 aromatic carbocycles. The minimum absolute atomic E-state index is 0.0628. The zero-order chi connectivity index (χ0) is 22.2. The van der Waals surface area contributed by atoms with Crippen LogP contribution in [0.25, 0.3) is 0 Å². The van der Waals surface area contributed by atoms with Crippen molar-refractivity contribution >= 4 is 17.5 Å². The fourth-order valence-electron chi connectivity index (χ4n) is 3.79. The number of methoxy groups -OCH3 is 1. The first-order chi connectivity index (χ1) is 15.0. The first-order valence-electron chi connectivity index (χ1n) is 10.9. The Kier molecular flexibility index (Phi) is 7.93. The van der Waals surface area contributed by atoms with Crippen LogP contribution >= 0.6 is 0 Å². The van der Waals surface area contributed by atoms with Gasteiger partial charge in [-0.15, -0.1) is 0 Å². The molecule has 0 bridgehead atoms. The van der Waals surface area contributed by atoms with Gasteiger partial charge in [0.1, 0.15) is 6.04 Å². The van der Waals surface area contributed by atoms with Gasteiger partial charge in [0.05, 0.1) is 19.6 Å². The zero-order valence-electron chi connectivity index (χ0n) is 18.5. The van der Waals surface area contributed by atoms with E-state index in [9.17, 15) is 9.59 Å². The van der Waals surface area contributed by atoms with Crippen LogP contribution in [0.4, 0.5) is 5.69 Å². The Hall–Kier alpha value is -3.02. The molecule has 2 amide bonds. The lowest BCUT2D eigenvalue weighted by Gasteiger charge is -2.22. The molecule has 1 unspecified atom stereocenters. The summed E-state index contributed by atoms with van der Waals surface area (Å²) in [6.45, 7) is 3.82. The van der Waals surface area contributed by atoms with Crippen LogP contribution in [0.15, 0.2) is 48.5 Å². The summed E-state index contributed by atoms with van der Waals surface area (Å²) in [5, 5.41) is 5.79. The Morgan fingerprint density at radius 2 is 1.74 bits per heavy atom. The van der Waals surface area contributed by atoms with Gasteiger partial charge in [0.2, 0.25) is 11.8 Å². The van der Waals surface area contributed by atoms with Gasteiger partial charge in [-0.25, -0.2) is 0 Å². The van der Waals surface area contributed by atoms with Crippen LogP contribution in [0.5, 0.6) is 11.5 Å². The van der Waals surface area contributed by atoms with Crippen LogP contribution < -0.4 is 20.1 Å². The van der Waals surface area contributed by atoms with Crippen LogP contribution in [-0.2, 0) is 16.0 Å². The fraction of sp³-hybridized carbons (Fsp3) is 0.440. The molecule has 2 N–H and O–H groups in total. The topological polar surface area (TPSA) is 76.7 Å². The molecule has 0 heterocycles. The molecule has 0 saturated heterocycles. The standard InChI is InChI=1S/C25H32N2O4/c1-17(2)24(27-23(28)15-18-9-5-4-6-10-18)25(29)26-19-13-14-21(30-3)22(16-19)31-20-11-7-8-12-20/h4-6,9-10,13-14,16-17,20,24H,7-8,11-12,15H2,1-3H3,(H,26,29)(H,27,28). The van der Waals surface area contributed by atoms with Gasteiger partial charge in [-0.2, -0.15) is 0 Å². The molecule has 0 spiro atoms. The molecule has 0 aromatic heterocycles. The lowest BCUT2D eigenvalue weighted by molar-refractivity contribution is -0.127. The predicted octanol–water partition coefficient (Wildman–Crippen LogP) is 4.34. The summed E-state index contributed by atoms with van der Waals surface area (Å²) in [6, 6.07) is 14.2. The SMILES string of the molecule is COc1ccc(NC(=O)C(NC(=O)Cc2ccccc2)C(C)C)cc1OC1CCCC1. The Balaban J connectivity index is 1.66. The summed E-state index contributed by atoms with van der Waals surface area (Å²) in [6.07, 6.45) is 4.81. The summed E-state index contributed by atoms with van der Waals surface area (Å²) in [7, 11) is 1.60. The number of carbonyl (C=O) groups is 2. The van der Waals surface area contributed by atoms with Crippen molar-refractivity contribution in [2.24, 2.45) is 5.92 Å². The van der Waals surface area contributed by atoms with E-state index >= 15 is 0 Å². The highest BCUT2D eigenvalue weighted by Gasteiger charge is 2.25. The Morgan fingerprint density at radius 1 is 1.03 bits per heavy atom. The first-order valence-corrected chi connectivity index (χ1v) is 10.9. The maximum absolute atomic E-state index is 13.0. The number of hydrogen-bond donors (Lipinski definition) is 2. The number of hydrogen-bond acceptors (Lipinski definition) is 4. The highest BCUT2D eigenvalue weighted by atomic mass is 16.5. The van der Waals surface area contributed by atoms with Crippen LogP contribution in [0.3, 0.4) is 0 Å². The molecular weight excluding hydrogens is 392 g/mol. The lowest BCUT2D eigenvalue weighted by atomic mass is 10.0. The third-order valence-electron chi connectivity index (χ3n) is 5.50. The van der Waals surface area contributed by atoms with Crippen molar-refractivity contribution in [3.05, 3.63) is 54.1 Å². The largest absolute Gasteiger partial charge is 0.493 e. The van der Waals surface area contributed by atoms with Crippen molar-refractivity contribution in [1.29, 1.82) is 0 Å². The highest BCUT2D eigenvalue weighted by Crippen LogP contribution is 2.34. The van der Waals surface area contributed by atoms with Gasteiger partial charge in [0.15, 0.2) is 11.5 Å². The summed E-state index contributed by atoms with van der Waals surface area (Å²) < 4.78 is 11.5. The number of ether oxygens (including phenoxy) is 2. The molecule has 0 aliphatic heterocycles. The molecule has 1 saturated carbocycles. The van der Waals surface area contributed by atoms with Crippen LogP contribution in [-0.4, -0.2) is 31.1 Å². The van der Waals surface area contributed by atoms with Gasteiger partial charge in [-0.05, 0) is 49.3 Å². The van der Waals surface area contributed by atoms with E-state index in [0.29, 0.717) is 17.2 Å². The van der Waals surface area contributed by atoms with E-state index in [1.54, 1.807) is 25.3 Å². The molecule has 2 aromatic rings. The van der Waals surface area contributed by atoms with Crippen molar-refractivity contribution in [3.8, 4) is 11.5 Å². The lowest BCUT2D eigenvalue weighted by Crippen LogP contribution is -2.47. The summed E-state index contributed by atoms with van der Waals surface area (Å²) in [5.74, 6) is 0.767. The van der Waals surface area contributed by atoms with Crippen LogP contribution in [0, 0.1) is 5.92 Å². The molecule has 6 heteroatoms. The number of anilines is 1. The van der Waals surface area contributed by atoms with Gasteiger partial charge < -0.3 is 20.1 Å². The van der Waals surface area contributed by atoms with E-state index < -0.39 is 6.04 Å². The van der Waals surface area contributed by atoms with Gasteiger partial charge in [-0.1, -0.05) is 44.2 Å². The molecule has 1 aliphatic carbocycles. The molecular formula is C25H32N2O4. The average Bonchev–Trinajstić information content (AvgIpc) is 3.26. The average molecular weight is 425 g/mol. The Bertz CT molecular complexity index is 876. The number of rotatable bonds is 9. The summed E-state index contributed by atoms with van der Waals surface area (Å²) in [5.41, 5.74) is 1.52. The second-order valence-electron chi connectivity index (χ2n) is 8.33. The van der Waals surface area contributed by atoms with E-state index in [1.165, 1.54) is 12.8 Å². The van der Waals surface area contributed by atoms with E-state index in [0.717, 1.165) is 18.4 Å². The van der Waals surface area contributed by atoms with Gasteiger partial charge in [0, 0.05) is 11.8 Å². The highest BCUT2D eigenvalue weighted by molar-refractivity contribution is 5.97. The van der Waals surface area contributed by atoms with Gasteiger partial charge in [-0.3, -0.25) is 9.59 Å². The molecule has 31 heavy (non-hydrogen) atoms. The van der Waals surface area contributed by atoms with E-state index in [4.69, 9.17) is 9.47 Å². The molecule has 1 fully saturated rings. The minimum atomic E-state index is -0.641. The van der Waals surface area contributed by atoms with E-state index in [-0.39, 0.29) is 30.3 Å². The molecule has 166 valence electrons. The second kappa shape index (κ2) is 10.8. The van der Waals surface area contributed by atoms with E-state index in [2.05, 4.69) is 10.6 Å². The van der Waals surface area contributed by atoms with E-state index in [1.807, 2.05) is 44.2 Å². The number of nitrogens with one attached hydrogen (secondary N) is 2. The monoisotopic (exact) mass is 424 g/mol. The van der Waals surface area contributed by atoms with Crippen LogP contribution in [0.2, 0.25) is 0 Å². The van der Waals surface area contributed by atoms with Crippen molar-refractivity contribution in [2.75, 3.05) is 12.4 Å². The molecule has 1 atom stereocenters. The van der Waals surface area contributed by atoms with Crippen molar-refractivity contribution in [3.63, 3.8) is 0 Å². The maximum atomic E-state index is 13.0. The third kappa shape index (κ3) is 6.48. The zero-order valence-corrected chi connectivity index (χ0v) is 18.5. The first kappa shape index (κ1) is 22.7. The van der Waals surface area contributed by atoms with Gasteiger partial charge >= 0.3 is 0 Å². The fourth-order valence-corrected chi connectivity index (χ4v) is 3.79. The number of amides is 2. The Morgan fingerprint density at radius 3 is 2.39 bits per heavy atom. The smallest absolute Gasteiger partial charge is 0.247 e. The maximum Gasteiger partial charge on any atom is 0.247 e. The number of benzene rings is 2. The number of carbonyl (C=O) groups excluding carboxylic acids is 2.